The molecule has 1 aliphatic rings. The van der Waals surface area contributed by atoms with E-state index in [-0.39, 0.29) is 0 Å². The second-order valence-electron chi connectivity index (χ2n) is 5.71. The highest BCUT2D eigenvalue weighted by atomic mass is 16.4. The summed E-state index contributed by atoms with van der Waals surface area (Å²) >= 11 is 0. The summed E-state index contributed by atoms with van der Waals surface area (Å²) in [7, 11) is 0. The van der Waals surface area contributed by atoms with Gasteiger partial charge in [-0.25, -0.2) is 0 Å². The third-order valence-corrected chi connectivity index (χ3v) is 4.98. The minimum Gasteiger partial charge on any atom is -0.480 e. The zero-order valence-electron chi connectivity index (χ0n) is 12.8. The normalized spacial score (nSPS) is 22.7. The fraction of sp³-hybridized carbons (Fsp3) is 0.538. The Morgan fingerprint density at radius 3 is 1.31 bits per heavy atom. The summed E-state index contributed by atoms with van der Waals surface area (Å²) < 4.78 is 0. The number of hydrogen-bond donors (Lipinski definition) is 7. The molecule has 1 rings (SSSR count). The van der Waals surface area contributed by atoms with Gasteiger partial charge < -0.3 is 35.7 Å². The van der Waals surface area contributed by atoms with Gasteiger partial charge in [0.1, 0.15) is 0 Å². The summed E-state index contributed by atoms with van der Waals surface area (Å²) in [6, 6.07) is 0. The molecule has 0 aromatic heterocycles. The molecule has 1 fully saturated rings. The molecule has 7 N–H and O–H groups in total. The summed E-state index contributed by atoms with van der Waals surface area (Å²) in [5.74, 6) is -17.9. The van der Waals surface area contributed by atoms with Crippen molar-refractivity contribution in [1.82, 2.24) is 0 Å². The first-order chi connectivity index (χ1) is 11.8. The Bertz CT molecular complexity index is 663. The quantitative estimate of drug-likeness (QED) is 0.234. The van der Waals surface area contributed by atoms with Crippen molar-refractivity contribution in [2.75, 3.05) is 6.61 Å². The lowest BCUT2D eigenvalue weighted by Gasteiger charge is -2.53. The zero-order chi connectivity index (χ0) is 20.7. The summed E-state index contributed by atoms with van der Waals surface area (Å²) in [5.41, 5.74) is -12.2. The molecule has 1 unspecified atom stereocenters. The highest BCUT2D eigenvalue weighted by Crippen LogP contribution is 2.63. The van der Waals surface area contributed by atoms with Gasteiger partial charge in [0.2, 0.25) is 5.41 Å². The van der Waals surface area contributed by atoms with Crippen LogP contribution in [0.25, 0.3) is 0 Å². The Hall–Kier alpha value is -3.22. The molecule has 0 saturated heterocycles. The average Bonchev–Trinajstić information content (AvgIpc) is 2.50. The summed E-state index contributed by atoms with van der Waals surface area (Å²) in [6.07, 6.45) is -2.11. The minimum atomic E-state index is -4.36. The molecule has 0 aliphatic heterocycles. The highest BCUT2D eigenvalue weighted by Gasteiger charge is 2.87. The molecule has 0 radical (unpaired) electrons. The van der Waals surface area contributed by atoms with E-state index in [9.17, 15) is 64.5 Å². The lowest BCUT2D eigenvalue weighted by atomic mass is 9.41. The zero-order valence-corrected chi connectivity index (χ0v) is 12.8. The van der Waals surface area contributed by atoms with Crippen LogP contribution in [0.5, 0.6) is 0 Å². The predicted molar refractivity (Wildman–Crippen MR) is 72.9 cm³/mol. The van der Waals surface area contributed by atoms with Crippen LogP contribution in [0.15, 0.2) is 0 Å². The molecule has 0 heterocycles. The van der Waals surface area contributed by atoms with E-state index < -0.39 is 77.4 Å². The number of aliphatic carboxylic acids is 6. The molecule has 0 bridgehead atoms. The van der Waals surface area contributed by atoms with Gasteiger partial charge in [0, 0.05) is 12.5 Å². The Kier molecular flexibility index (Phi) is 5.01. The van der Waals surface area contributed by atoms with Crippen molar-refractivity contribution in [2.45, 2.75) is 12.8 Å². The highest BCUT2D eigenvalue weighted by molar-refractivity contribution is 6.21. The van der Waals surface area contributed by atoms with Crippen LogP contribution < -0.4 is 0 Å². The van der Waals surface area contributed by atoms with Crippen LogP contribution >= 0.6 is 0 Å². The smallest absolute Gasteiger partial charge is 0.324 e. The maximum absolute atomic E-state index is 11.9. The predicted octanol–water partition coefficient (Wildman–Crippen LogP) is -2.14. The van der Waals surface area contributed by atoms with E-state index in [1.54, 1.807) is 0 Å². The van der Waals surface area contributed by atoms with Crippen LogP contribution in [0.1, 0.15) is 12.8 Å². The lowest BCUT2D eigenvalue weighted by molar-refractivity contribution is -0.234. The molecular weight excluding hydrogens is 364 g/mol. The molecule has 26 heavy (non-hydrogen) atoms. The Labute approximate surface area is 143 Å². The fourth-order valence-corrected chi connectivity index (χ4v) is 3.85. The first-order valence-corrected chi connectivity index (χ1v) is 6.84. The molecule has 0 amide bonds. The van der Waals surface area contributed by atoms with E-state index in [1.807, 2.05) is 0 Å². The number of carboxylic acid groups (broad SMARTS) is 6. The first kappa shape index (κ1) is 20.8. The molecule has 144 valence electrons. The van der Waals surface area contributed by atoms with Crippen molar-refractivity contribution in [2.24, 2.45) is 22.2 Å². The van der Waals surface area contributed by atoms with E-state index in [0.717, 1.165) is 0 Å². The van der Waals surface area contributed by atoms with E-state index in [4.69, 9.17) is 0 Å². The van der Waals surface area contributed by atoms with Crippen molar-refractivity contribution in [3.63, 3.8) is 0 Å². The van der Waals surface area contributed by atoms with E-state index in [2.05, 4.69) is 0 Å². The van der Waals surface area contributed by atoms with Crippen LogP contribution in [-0.4, -0.2) is 78.2 Å². The van der Waals surface area contributed by atoms with Crippen molar-refractivity contribution in [3.05, 3.63) is 0 Å². The van der Waals surface area contributed by atoms with Gasteiger partial charge in [0.05, 0.1) is 0 Å². The summed E-state index contributed by atoms with van der Waals surface area (Å²) in [4.78, 5) is 70.9. The number of carbonyl (C=O) groups is 6. The molecular formula is C13H14O13. The molecule has 0 aromatic rings. The van der Waals surface area contributed by atoms with Crippen molar-refractivity contribution in [1.29, 1.82) is 0 Å². The third-order valence-electron chi connectivity index (χ3n) is 4.98. The van der Waals surface area contributed by atoms with Gasteiger partial charge in [-0.2, -0.15) is 0 Å². The monoisotopic (exact) mass is 378 g/mol. The van der Waals surface area contributed by atoms with Crippen LogP contribution in [0.3, 0.4) is 0 Å². The van der Waals surface area contributed by atoms with Crippen molar-refractivity contribution in [3.8, 4) is 0 Å². The molecule has 13 heteroatoms. The van der Waals surface area contributed by atoms with Gasteiger partial charge in [-0.15, -0.1) is 0 Å². The Balaban J connectivity index is 4.36. The van der Waals surface area contributed by atoms with Gasteiger partial charge >= 0.3 is 35.8 Å². The average molecular weight is 378 g/mol. The van der Waals surface area contributed by atoms with E-state index in [1.165, 1.54) is 0 Å². The lowest BCUT2D eigenvalue weighted by Crippen LogP contribution is -2.76. The molecule has 1 aliphatic carbocycles. The number of aliphatic hydroxyl groups is 1. The standard InChI is InChI=1S/C13H14O13/c14-3-4-1-2-11(5(15)16,6(17)18)13(9(23)24,10(25)26)12(4,7(19)20)8(21)22/h4,14H,1-3H2,(H,15,16)(H,17,18)(H,19,20)(H,21,22)(H,23,24)(H,25,26). The Morgan fingerprint density at radius 2 is 1.08 bits per heavy atom. The number of hydrogen-bond acceptors (Lipinski definition) is 7. The first-order valence-electron chi connectivity index (χ1n) is 6.84. The SMILES string of the molecule is O=C(O)C1(C(=O)O)CCC(CO)C(C(=O)O)(C(=O)O)C1(C(=O)O)C(=O)O. The van der Waals surface area contributed by atoms with Gasteiger partial charge in [0.15, 0.2) is 10.8 Å². The molecule has 0 aromatic carbocycles. The van der Waals surface area contributed by atoms with Gasteiger partial charge in [0.25, 0.3) is 0 Å². The topological polar surface area (TPSA) is 244 Å². The minimum absolute atomic E-state index is 0.879. The van der Waals surface area contributed by atoms with Crippen LogP contribution in [-0.2, 0) is 28.8 Å². The van der Waals surface area contributed by atoms with Gasteiger partial charge in [-0.3, -0.25) is 28.8 Å². The maximum Gasteiger partial charge on any atom is 0.324 e. The molecule has 1 saturated carbocycles. The van der Waals surface area contributed by atoms with Crippen LogP contribution in [0, 0.1) is 22.2 Å². The number of aliphatic hydroxyl groups excluding tert-OH is 1. The van der Waals surface area contributed by atoms with Crippen molar-refractivity contribution < 1.29 is 64.5 Å². The summed E-state index contributed by atoms with van der Waals surface area (Å²) in [5, 5.41) is 66.2. The molecule has 0 spiro atoms. The Morgan fingerprint density at radius 1 is 0.692 bits per heavy atom. The van der Waals surface area contributed by atoms with Crippen LogP contribution in [0.2, 0.25) is 0 Å². The maximum atomic E-state index is 11.9. The van der Waals surface area contributed by atoms with E-state index in [0.29, 0.717) is 0 Å². The molecule has 13 nitrogen and oxygen atoms in total. The molecule has 1 atom stereocenters. The van der Waals surface area contributed by atoms with Gasteiger partial charge in [-0.05, 0) is 12.8 Å². The summed E-state index contributed by atoms with van der Waals surface area (Å²) in [6.45, 7) is -1.34. The number of rotatable bonds is 7. The third kappa shape index (κ3) is 1.94. The van der Waals surface area contributed by atoms with E-state index >= 15 is 0 Å². The second-order valence-corrected chi connectivity index (χ2v) is 5.71. The van der Waals surface area contributed by atoms with Gasteiger partial charge in [-0.1, -0.05) is 0 Å². The number of carboxylic acids is 6. The largest absolute Gasteiger partial charge is 0.480 e. The van der Waals surface area contributed by atoms with Crippen molar-refractivity contribution >= 4 is 35.8 Å². The van der Waals surface area contributed by atoms with Crippen LogP contribution in [0.4, 0.5) is 0 Å². The second kappa shape index (κ2) is 6.25. The fourth-order valence-electron chi connectivity index (χ4n) is 3.85.